The van der Waals surface area contributed by atoms with E-state index < -0.39 is 0 Å². The molecule has 1 aromatic rings. The first-order valence-corrected chi connectivity index (χ1v) is 6.21. The van der Waals surface area contributed by atoms with Gasteiger partial charge in [-0.15, -0.1) is 0 Å². The monoisotopic (exact) mass is 252 g/mol. The lowest BCUT2D eigenvalue weighted by Crippen LogP contribution is -2.35. The van der Waals surface area contributed by atoms with Crippen LogP contribution in [0.15, 0.2) is 18.2 Å². The fourth-order valence-corrected chi connectivity index (χ4v) is 2.59. The van der Waals surface area contributed by atoms with Crippen LogP contribution in [0.5, 0.6) is 0 Å². The Balaban J connectivity index is 2.40. The molecular formula is C13H17ClN2O. The van der Waals surface area contributed by atoms with Crippen molar-refractivity contribution in [2.45, 2.75) is 26.3 Å². The number of hydrogen-bond acceptors (Lipinski definition) is 2. The van der Waals surface area contributed by atoms with Crippen molar-refractivity contribution in [1.29, 1.82) is 0 Å². The van der Waals surface area contributed by atoms with Crippen molar-refractivity contribution in [3.05, 3.63) is 28.8 Å². The van der Waals surface area contributed by atoms with Crippen LogP contribution in [0.1, 0.15) is 18.9 Å². The number of nitrogens with two attached hydrogens (primary N) is 1. The van der Waals surface area contributed by atoms with Gasteiger partial charge in [0.25, 0.3) is 0 Å². The summed E-state index contributed by atoms with van der Waals surface area (Å²) in [7, 11) is 0. The molecule has 1 amide bonds. The van der Waals surface area contributed by atoms with Crippen molar-refractivity contribution in [2.24, 2.45) is 11.7 Å². The number of rotatable bonds is 2. The Morgan fingerprint density at radius 3 is 2.82 bits per heavy atom. The van der Waals surface area contributed by atoms with Crippen LogP contribution in [0.3, 0.4) is 0 Å². The molecular weight excluding hydrogens is 236 g/mol. The molecule has 4 heteroatoms. The first-order chi connectivity index (χ1) is 8.06. The minimum Gasteiger partial charge on any atom is -0.330 e. The molecule has 1 fully saturated rings. The summed E-state index contributed by atoms with van der Waals surface area (Å²) in [6.45, 7) is 4.53. The van der Waals surface area contributed by atoms with Gasteiger partial charge < -0.3 is 10.6 Å². The van der Waals surface area contributed by atoms with Gasteiger partial charge in [0, 0.05) is 29.1 Å². The lowest BCUT2D eigenvalue weighted by molar-refractivity contribution is -0.117. The lowest BCUT2D eigenvalue weighted by Gasteiger charge is -2.26. The molecule has 1 heterocycles. The average Bonchev–Trinajstić information content (AvgIpc) is 2.58. The number of hydrogen-bond donors (Lipinski definition) is 1. The van der Waals surface area contributed by atoms with E-state index >= 15 is 0 Å². The zero-order valence-electron chi connectivity index (χ0n) is 10.1. The van der Waals surface area contributed by atoms with Crippen molar-refractivity contribution in [3.63, 3.8) is 0 Å². The zero-order valence-corrected chi connectivity index (χ0v) is 10.9. The normalized spacial score (nSPS) is 24.5. The highest BCUT2D eigenvalue weighted by atomic mass is 35.5. The Kier molecular flexibility index (Phi) is 3.40. The second kappa shape index (κ2) is 4.67. The van der Waals surface area contributed by atoms with E-state index in [9.17, 15) is 4.79 Å². The molecule has 2 rings (SSSR count). The Hall–Kier alpha value is -1.06. The van der Waals surface area contributed by atoms with Crippen LogP contribution in [0, 0.1) is 12.8 Å². The fourth-order valence-electron chi connectivity index (χ4n) is 2.42. The number of halogens is 1. The summed E-state index contributed by atoms with van der Waals surface area (Å²) >= 11 is 6.10. The second-order valence-corrected chi connectivity index (χ2v) is 5.00. The van der Waals surface area contributed by atoms with E-state index in [0.717, 1.165) is 11.3 Å². The van der Waals surface area contributed by atoms with E-state index in [2.05, 4.69) is 0 Å². The van der Waals surface area contributed by atoms with Crippen molar-refractivity contribution >= 4 is 23.2 Å². The summed E-state index contributed by atoms with van der Waals surface area (Å²) < 4.78 is 0. The van der Waals surface area contributed by atoms with E-state index in [4.69, 9.17) is 17.3 Å². The highest BCUT2D eigenvalue weighted by Gasteiger charge is 2.37. The average molecular weight is 253 g/mol. The molecule has 1 aliphatic rings. The van der Waals surface area contributed by atoms with E-state index in [-0.39, 0.29) is 17.9 Å². The van der Waals surface area contributed by atoms with Crippen LogP contribution in [-0.2, 0) is 4.79 Å². The predicted molar refractivity (Wildman–Crippen MR) is 70.3 cm³/mol. The maximum Gasteiger partial charge on any atom is 0.227 e. The molecule has 0 bridgehead atoms. The molecule has 0 aliphatic carbocycles. The number of carbonyl (C=O) groups excluding carboxylic acids is 1. The van der Waals surface area contributed by atoms with Crippen molar-refractivity contribution < 1.29 is 4.79 Å². The van der Waals surface area contributed by atoms with Crippen LogP contribution in [-0.4, -0.2) is 18.5 Å². The zero-order chi connectivity index (χ0) is 12.6. The molecule has 2 N–H and O–H groups in total. The van der Waals surface area contributed by atoms with Crippen LogP contribution in [0.2, 0.25) is 5.02 Å². The van der Waals surface area contributed by atoms with Gasteiger partial charge in [0.15, 0.2) is 0 Å². The Labute approximate surface area is 107 Å². The maximum absolute atomic E-state index is 12.0. The van der Waals surface area contributed by atoms with Gasteiger partial charge in [-0.05, 0) is 38.1 Å². The summed E-state index contributed by atoms with van der Waals surface area (Å²) in [4.78, 5) is 13.9. The number of amides is 1. The van der Waals surface area contributed by atoms with Gasteiger partial charge in [-0.25, -0.2) is 0 Å². The SMILES string of the molecule is Cc1c(Cl)cccc1N1C(=O)CC(CN)C1C. The van der Waals surface area contributed by atoms with Gasteiger partial charge in [0.1, 0.15) is 0 Å². The van der Waals surface area contributed by atoms with Crippen LogP contribution in [0.25, 0.3) is 0 Å². The lowest BCUT2D eigenvalue weighted by atomic mass is 10.0. The third-order valence-corrected chi connectivity index (χ3v) is 4.01. The van der Waals surface area contributed by atoms with E-state index in [1.165, 1.54) is 0 Å². The minimum absolute atomic E-state index is 0.137. The van der Waals surface area contributed by atoms with E-state index in [1.54, 1.807) is 0 Å². The molecule has 0 spiro atoms. The number of carbonyl (C=O) groups is 1. The third-order valence-electron chi connectivity index (χ3n) is 3.60. The summed E-state index contributed by atoms with van der Waals surface area (Å²) in [5, 5.41) is 0.693. The Morgan fingerprint density at radius 1 is 1.53 bits per heavy atom. The first kappa shape index (κ1) is 12.4. The molecule has 2 unspecified atom stereocenters. The summed E-state index contributed by atoms with van der Waals surface area (Å²) in [5.74, 6) is 0.374. The van der Waals surface area contributed by atoms with Crippen LogP contribution < -0.4 is 10.6 Å². The van der Waals surface area contributed by atoms with Gasteiger partial charge in [-0.2, -0.15) is 0 Å². The predicted octanol–water partition coefficient (Wildman–Crippen LogP) is 2.35. The molecule has 92 valence electrons. The van der Waals surface area contributed by atoms with Crippen molar-refractivity contribution in [2.75, 3.05) is 11.4 Å². The topological polar surface area (TPSA) is 46.3 Å². The number of benzene rings is 1. The molecule has 1 saturated heterocycles. The maximum atomic E-state index is 12.0. The van der Waals surface area contributed by atoms with Crippen LogP contribution >= 0.6 is 11.6 Å². The van der Waals surface area contributed by atoms with Gasteiger partial charge in [-0.3, -0.25) is 4.79 Å². The smallest absolute Gasteiger partial charge is 0.227 e. The summed E-state index contributed by atoms with van der Waals surface area (Å²) in [6.07, 6.45) is 0.531. The van der Waals surface area contributed by atoms with Gasteiger partial charge in [-0.1, -0.05) is 17.7 Å². The molecule has 17 heavy (non-hydrogen) atoms. The third kappa shape index (κ3) is 2.05. The largest absolute Gasteiger partial charge is 0.330 e. The molecule has 0 radical (unpaired) electrons. The molecule has 3 nitrogen and oxygen atoms in total. The Morgan fingerprint density at radius 2 is 2.24 bits per heavy atom. The van der Waals surface area contributed by atoms with Crippen molar-refractivity contribution in [1.82, 2.24) is 0 Å². The first-order valence-electron chi connectivity index (χ1n) is 5.83. The summed E-state index contributed by atoms with van der Waals surface area (Å²) in [6, 6.07) is 5.80. The van der Waals surface area contributed by atoms with Crippen LogP contribution in [0.4, 0.5) is 5.69 Å². The molecule has 1 aromatic carbocycles. The number of anilines is 1. The minimum atomic E-state index is 0.137. The van der Waals surface area contributed by atoms with E-state index in [1.807, 2.05) is 36.9 Å². The molecule has 1 aliphatic heterocycles. The fraction of sp³-hybridized carbons (Fsp3) is 0.462. The summed E-state index contributed by atoms with van der Waals surface area (Å²) in [5.41, 5.74) is 7.55. The molecule has 0 saturated carbocycles. The highest BCUT2D eigenvalue weighted by Crippen LogP contribution is 2.34. The quantitative estimate of drug-likeness (QED) is 0.878. The standard InChI is InChI=1S/C13H17ClN2O/c1-8-11(14)4-3-5-12(8)16-9(2)10(7-15)6-13(16)17/h3-5,9-10H,6-7,15H2,1-2H3. The number of nitrogens with zero attached hydrogens (tertiary/aromatic N) is 1. The molecule has 0 aromatic heterocycles. The van der Waals surface area contributed by atoms with E-state index in [0.29, 0.717) is 18.0 Å². The Bertz CT molecular complexity index is 447. The van der Waals surface area contributed by atoms with Gasteiger partial charge in [0.2, 0.25) is 5.91 Å². The van der Waals surface area contributed by atoms with Crippen molar-refractivity contribution in [3.8, 4) is 0 Å². The van der Waals surface area contributed by atoms with Gasteiger partial charge in [0.05, 0.1) is 0 Å². The highest BCUT2D eigenvalue weighted by molar-refractivity contribution is 6.31. The molecule has 2 atom stereocenters. The van der Waals surface area contributed by atoms with Gasteiger partial charge >= 0.3 is 0 Å². The second-order valence-electron chi connectivity index (χ2n) is 4.59.